The van der Waals surface area contributed by atoms with Crippen molar-refractivity contribution in [2.75, 3.05) is 11.9 Å². The van der Waals surface area contributed by atoms with Gasteiger partial charge in [0.25, 0.3) is 5.91 Å². The van der Waals surface area contributed by atoms with Gasteiger partial charge >= 0.3 is 0 Å². The molecule has 1 amide bonds. The van der Waals surface area contributed by atoms with Crippen molar-refractivity contribution >= 4 is 22.6 Å². The van der Waals surface area contributed by atoms with Crippen LogP contribution in [-0.2, 0) is 0 Å². The van der Waals surface area contributed by atoms with Crippen molar-refractivity contribution < 1.29 is 4.79 Å². The van der Waals surface area contributed by atoms with Crippen molar-refractivity contribution in [2.24, 2.45) is 0 Å². The predicted octanol–water partition coefficient (Wildman–Crippen LogP) is 2.12. The van der Waals surface area contributed by atoms with Crippen LogP contribution in [0.3, 0.4) is 0 Å². The molecule has 0 saturated heterocycles. The number of hydrogen-bond donors (Lipinski definition) is 3. The Bertz CT molecular complexity index is 642. The molecule has 2 aliphatic rings. The lowest BCUT2D eigenvalue weighted by Crippen LogP contribution is -2.42. The second-order valence-corrected chi connectivity index (χ2v) is 6.66. The van der Waals surface area contributed by atoms with Crippen LogP contribution in [0.15, 0.2) is 18.3 Å². The van der Waals surface area contributed by atoms with Gasteiger partial charge in [-0.15, -0.1) is 0 Å². The highest BCUT2D eigenvalue weighted by molar-refractivity contribution is 7.09. The van der Waals surface area contributed by atoms with Crippen molar-refractivity contribution in [1.29, 1.82) is 0 Å². The van der Waals surface area contributed by atoms with E-state index in [9.17, 15) is 4.79 Å². The van der Waals surface area contributed by atoms with Crippen LogP contribution in [-0.4, -0.2) is 32.3 Å². The Kier molecular flexibility index (Phi) is 2.95. The van der Waals surface area contributed by atoms with Gasteiger partial charge in [0, 0.05) is 30.2 Å². The van der Waals surface area contributed by atoms with E-state index >= 15 is 0 Å². The highest BCUT2D eigenvalue weighted by Crippen LogP contribution is 2.40. The largest absolute Gasteiger partial charge is 0.358 e. The average Bonchev–Trinajstić information content (AvgIpc) is 3.36. The quantitative estimate of drug-likeness (QED) is 0.763. The van der Waals surface area contributed by atoms with Gasteiger partial charge in [0.1, 0.15) is 11.5 Å². The van der Waals surface area contributed by atoms with E-state index in [2.05, 4.69) is 25.0 Å². The molecule has 7 heteroatoms. The minimum absolute atomic E-state index is 0.0461. The maximum Gasteiger partial charge on any atom is 0.268 e. The van der Waals surface area contributed by atoms with Crippen LogP contribution in [0, 0.1) is 0 Å². The maximum atomic E-state index is 12.1. The average molecular weight is 303 g/mol. The molecule has 0 bridgehead atoms. The molecule has 2 saturated carbocycles. The number of carbonyl (C=O) groups excluding carboxylic acids is 1. The molecule has 0 unspecified atom stereocenters. The first-order valence-electron chi connectivity index (χ1n) is 7.28. The number of hydrogen-bond acceptors (Lipinski definition) is 5. The number of nitrogens with one attached hydrogen (secondary N) is 3. The fourth-order valence-corrected chi connectivity index (χ4v) is 2.98. The zero-order valence-corrected chi connectivity index (χ0v) is 12.4. The molecule has 2 fully saturated rings. The fourth-order valence-electron chi connectivity index (χ4n) is 2.34. The molecule has 6 nitrogen and oxygen atoms in total. The number of anilines is 1. The molecule has 2 aliphatic carbocycles. The Morgan fingerprint density at radius 1 is 1.48 bits per heavy atom. The van der Waals surface area contributed by atoms with Crippen molar-refractivity contribution in [2.45, 2.75) is 37.1 Å². The molecular weight excluding hydrogens is 286 g/mol. The Balaban J connectivity index is 1.34. The molecule has 3 N–H and O–H groups in total. The normalized spacial score (nSPS) is 19.2. The van der Waals surface area contributed by atoms with Gasteiger partial charge in [0.05, 0.1) is 5.54 Å². The number of amides is 1. The minimum atomic E-state index is -0.131. The zero-order valence-electron chi connectivity index (χ0n) is 11.6. The van der Waals surface area contributed by atoms with Gasteiger partial charge in [-0.1, -0.05) is 0 Å². The zero-order chi connectivity index (χ0) is 14.3. The van der Waals surface area contributed by atoms with E-state index in [4.69, 9.17) is 0 Å². The SMILES string of the molecule is O=C(NC1(CNc2nc(C3CC3)ns2)CC1)c1ccc[nH]1. The second-order valence-electron chi connectivity index (χ2n) is 5.90. The summed E-state index contributed by atoms with van der Waals surface area (Å²) in [6.45, 7) is 0.707. The van der Waals surface area contributed by atoms with Crippen molar-refractivity contribution in [3.63, 3.8) is 0 Å². The first kappa shape index (κ1) is 12.8. The van der Waals surface area contributed by atoms with Gasteiger partial charge in [-0.25, -0.2) is 4.98 Å². The molecular formula is C14H17N5OS. The topological polar surface area (TPSA) is 82.7 Å². The summed E-state index contributed by atoms with van der Waals surface area (Å²) in [5.41, 5.74) is 0.473. The summed E-state index contributed by atoms with van der Waals surface area (Å²) in [5.74, 6) is 1.51. The predicted molar refractivity (Wildman–Crippen MR) is 80.6 cm³/mol. The molecule has 2 heterocycles. The maximum absolute atomic E-state index is 12.1. The number of rotatable bonds is 6. The summed E-state index contributed by atoms with van der Waals surface area (Å²) in [4.78, 5) is 19.5. The molecule has 0 aliphatic heterocycles. The van der Waals surface area contributed by atoms with Crippen molar-refractivity contribution in [3.8, 4) is 0 Å². The molecule has 0 radical (unpaired) electrons. The summed E-state index contributed by atoms with van der Waals surface area (Å²) in [5, 5.41) is 7.29. The van der Waals surface area contributed by atoms with E-state index < -0.39 is 0 Å². The van der Waals surface area contributed by atoms with Crippen LogP contribution in [0.2, 0.25) is 0 Å². The van der Waals surface area contributed by atoms with Gasteiger partial charge < -0.3 is 15.6 Å². The summed E-state index contributed by atoms with van der Waals surface area (Å²) >= 11 is 1.41. The molecule has 4 rings (SSSR count). The number of aromatic nitrogens is 3. The lowest BCUT2D eigenvalue weighted by molar-refractivity contribution is 0.0929. The van der Waals surface area contributed by atoms with E-state index in [1.165, 1.54) is 24.4 Å². The van der Waals surface area contributed by atoms with Crippen molar-refractivity contribution in [1.82, 2.24) is 19.7 Å². The number of nitrogens with zero attached hydrogens (tertiary/aromatic N) is 2. The third kappa shape index (κ3) is 2.78. The van der Waals surface area contributed by atoms with Crippen LogP contribution in [0.1, 0.15) is 47.9 Å². The first-order chi connectivity index (χ1) is 10.2. The Hall–Kier alpha value is -1.89. The van der Waals surface area contributed by atoms with E-state index in [1.807, 2.05) is 6.07 Å². The molecule has 110 valence electrons. The Labute approximate surface area is 126 Å². The van der Waals surface area contributed by atoms with Gasteiger partial charge in [-0.2, -0.15) is 4.37 Å². The van der Waals surface area contributed by atoms with Crippen LogP contribution in [0.25, 0.3) is 0 Å². The summed E-state index contributed by atoms with van der Waals surface area (Å²) < 4.78 is 4.38. The van der Waals surface area contributed by atoms with Crippen LogP contribution >= 0.6 is 11.5 Å². The van der Waals surface area contributed by atoms with Crippen LogP contribution in [0.4, 0.5) is 5.13 Å². The lowest BCUT2D eigenvalue weighted by Gasteiger charge is -2.17. The summed E-state index contributed by atoms with van der Waals surface area (Å²) in [7, 11) is 0. The van der Waals surface area contributed by atoms with Gasteiger partial charge in [0.2, 0.25) is 5.13 Å². The van der Waals surface area contributed by atoms with E-state index in [-0.39, 0.29) is 11.4 Å². The summed E-state index contributed by atoms with van der Waals surface area (Å²) in [6.07, 6.45) is 6.19. The van der Waals surface area contributed by atoms with Gasteiger partial charge in [-0.05, 0) is 37.8 Å². The molecule has 2 aromatic heterocycles. The Morgan fingerprint density at radius 3 is 3.00 bits per heavy atom. The van der Waals surface area contributed by atoms with Gasteiger partial charge in [0.15, 0.2) is 0 Å². The number of carbonyl (C=O) groups is 1. The number of H-pyrrole nitrogens is 1. The van der Waals surface area contributed by atoms with E-state index in [0.29, 0.717) is 18.2 Å². The monoisotopic (exact) mass is 303 g/mol. The smallest absolute Gasteiger partial charge is 0.268 e. The summed E-state index contributed by atoms with van der Waals surface area (Å²) in [6, 6.07) is 3.61. The Morgan fingerprint density at radius 2 is 2.33 bits per heavy atom. The van der Waals surface area contributed by atoms with E-state index in [1.54, 1.807) is 12.3 Å². The molecule has 0 atom stereocenters. The third-order valence-corrected chi connectivity index (χ3v) is 4.72. The fraction of sp³-hybridized carbons (Fsp3) is 0.500. The molecule has 2 aromatic rings. The third-order valence-electron chi connectivity index (χ3n) is 4.04. The molecule has 21 heavy (non-hydrogen) atoms. The molecule has 0 spiro atoms. The second kappa shape index (κ2) is 4.84. The molecule has 0 aromatic carbocycles. The van der Waals surface area contributed by atoms with Crippen LogP contribution < -0.4 is 10.6 Å². The number of aromatic amines is 1. The lowest BCUT2D eigenvalue weighted by atomic mass is 10.2. The standard InChI is InChI=1S/C14H17N5OS/c20-12(10-2-1-7-15-10)18-14(5-6-14)8-16-13-17-11(19-21-13)9-3-4-9/h1-2,7,9,15H,3-6,8H2,(H,18,20)(H,16,17,19). The van der Waals surface area contributed by atoms with E-state index in [0.717, 1.165) is 23.8 Å². The highest BCUT2D eigenvalue weighted by atomic mass is 32.1. The van der Waals surface area contributed by atoms with Crippen LogP contribution in [0.5, 0.6) is 0 Å². The highest BCUT2D eigenvalue weighted by Gasteiger charge is 2.44. The van der Waals surface area contributed by atoms with Gasteiger partial charge in [-0.3, -0.25) is 4.79 Å². The first-order valence-corrected chi connectivity index (χ1v) is 8.05. The van der Waals surface area contributed by atoms with Crippen molar-refractivity contribution in [3.05, 3.63) is 29.8 Å². The minimum Gasteiger partial charge on any atom is -0.358 e.